The molecule has 112 valence electrons. The minimum Gasteiger partial charge on any atom is -0.313 e. The zero-order valence-corrected chi connectivity index (χ0v) is 16.1. The Morgan fingerprint density at radius 2 is 1.62 bits per heavy atom. The van der Waals surface area contributed by atoms with E-state index in [9.17, 15) is 0 Å². The summed E-state index contributed by atoms with van der Waals surface area (Å²) < 4.78 is 2.23. The lowest BCUT2D eigenvalue weighted by atomic mass is 9.92. The molecule has 0 radical (unpaired) electrons. The van der Waals surface area contributed by atoms with Gasteiger partial charge in [0, 0.05) is 15.0 Å². The number of benzene rings is 2. The topological polar surface area (TPSA) is 12.0 Å². The molecule has 0 heterocycles. The van der Waals surface area contributed by atoms with Crippen LogP contribution in [0.1, 0.15) is 33.9 Å². The first-order valence-corrected chi connectivity index (χ1v) is 8.70. The van der Waals surface area contributed by atoms with E-state index in [1.807, 2.05) is 7.05 Å². The molecule has 21 heavy (non-hydrogen) atoms. The summed E-state index contributed by atoms with van der Waals surface area (Å²) in [5, 5.41) is 3.45. The Hall–Kier alpha value is -0.640. The first-order chi connectivity index (χ1) is 9.92. The molecular formula is C18H21Br2N. The Bertz CT molecular complexity index is 627. The number of rotatable bonds is 4. The summed E-state index contributed by atoms with van der Waals surface area (Å²) in [7, 11) is 2.03. The average Bonchev–Trinajstić information content (AvgIpc) is 2.39. The van der Waals surface area contributed by atoms with Gasteiger partial charge < -0.3 is 5.32 Å². The van der Waals surface area contributed by atoms with Crippen LogP contribution in [0.4, 0.5) is 0 Å². The number of aryl methyl sites for hydroxylation is 3. The quantitative estimate of drug-likeness (QED) is 0.687. The first-order valence-electron chi connectivity index (χ1n) is 7.11. The summed E-state index contributed by atoms with van der Waals surface area (Å²) in [6.45, 7) is 6.57. The molecular weight excluding hydrogens is 390 g/mol. The van der Waals surface area contributed by atoms with E-state index in [0.717, 1.165) is 15.4 Å². The van der Waals surface area contributed by atoms with Crippen LogP contribution >= 0.6 is 31.9 Å². The van der Waals surface area contributed by atoms with Crippen LogP contribution in [0, 0.1) is 20.8 Å². The molecule has 0 saturated carbocycles. The second-order valence-corrected chi connectivity index (χ2v) is 7.36. The number of hydrogen-bond acceptors (Lipinski definition) is 1. The minimum atomic E-state index is 0.299. The van der Waals surface area contributed by atoms with Crippen LogP contribution < -0.4 is 5.32 Å². The fourth-order valence-electron chi connectivity index (χ4n) is 2.89. The molecule has 0 spiro atoms. The van der Waals surface area contributed by atoms with E-state index in [0.29, 0.717) is 6.04 Å². The highest BCUT2D eigenvalue weighted by molar-refractivity contribution is 9.11. The second kappa shape index (κ2) is 7.08. The highest BCUT2D eigenvalue weighted by Crippen LogP contribution is 2.30. The standard InChI is InChI=1S/C18H21Br2N/c1-11-7-12(2)16(13(3)8-11)10-18(21-4)15-6-5-14(19)9-17(15)20/h5-9,18,21H,10H2,1-4H3. The summed E-state index contributed by atoms with van der Waals surface area (Å²) in [6.07, 6.45) is 0.995. The van der Waals surface area contributed by atoms with Crippen molar-refractivity contribution in [2.24, 2.45) is 0 Å². The van der Waals surface area contributed by atoms with Crippen molar-refractivity contribution in [3.63, 3.8) is 0 Å². The van der Waals surface area contributed by atoms with Crippen molar-refractivity contribution in [1.29, 1.82) is 0 Å². The van der Waals surface area contributed by atoms with E-state index < -0.39 is 0 Å². The van der Waals surface area contributed by atoms with E-state index in [1.165, 1.54) is 27.8 Å². The molecule has 0 fully saturated rings. The van der Waals surface area contributed by atoms with Gasteiger partial charge in [-0.1, -0.05) is 55.6 Å². The molecule has 3 heteroatoms. The van der Waals surface area contributed by atoms with Crippen LogP contribution in [0.25, 0.3) is 0 Å². The molecule has 0 aliphatic heterocycles. The molecule has 0 amide bonds. The zero-order chi connectivity index (χ0) is 15.6. The molecule has 0 bridgehead atoms. The van der Waals surface area contributed by atoms with Crippen molar-refractivity contribution in [3.05, 3.63) is 67.1 Å². The number of hydrogen-bond donors (Lipinski definition) is 1. The molecule has 1 atom stereocenters. The van der Waals surface area contributed by atoms with Gasteiger partial charge in [0.2, 0.25) is 0 Å². The average molecular weight is 411 g/mol. The summed E-state index contributed by atoms with van der Waals surface area (Å²) in [5.41, 5.74) is 6.82. The van der Waals surface area contributed by atoms with E-state index in [2.05, 4.69) is 88.3 Å². The van der Waals surface area contributed by atoms with Crippen LogP contribution in [-0.2, 0) is 6.42 Å². The van der Waals surface area contributed by atoms with Crippen molar-refractivity contribution in [1.82, 2.24) is 5.32 Å². The summed E-state index contributed by atoms with van der Waals surface area (Å²) in [5.74, 6) is 0. The van der Waals surface area contributed by atoms with Gasteiger partial charge in [-0.25, -0.2) is 0 Å². The number of likely N-dealkylation sites (N-methyl/N-ethyl adjacent to an activating group) is 1. The molecule has 0 aliphatic carbocycles. The fourth-order valence-corrected chi connectivity index (χ4v) is 4.21. The third-order valence-corrected chi connectivity index (χ3v) is 5.12. The van der Waals surface area contributed by atoms with Gasteiger partial charge in [0.1, 0.15) is 0 Å². The van der Waals surface area contributed by atoms with Gasteiger partial charge in [-0.15, -0.1) is 0 Å². The fraction of sp³-hybridized carbons (Fsp3) is 0.333. The Morgan fingerprint density at radius 3 is 2.14 bits per heavy atom. The number of halogens is 2. The maximum Gasteiger partial charge on any atom is 0.0369 e. The molecule has 1 unspecified atom stereocenters. The second-order valence-electron chi connectivity index (χ2n) is 5.59. The summed E-state index contributed by atoms with van der Waals surface area (Å²) in [4.78, 5) is 0. The molecule has 2 aromatic carbocycles. The normalized spacial score (nSPS) is 12.5. The Morgan fingerprint density at radius 1 is 1.00 bits per heavy atom. The molecule has 1 nitrogen and oxygen atoms in total. The van der Waals surface area contributed by atoms with Gasteiger partial charge in [0.25, 0.3) is 0 Å². The van der Waals surface area contributed by atoms with Gasteiger partial charge in [0.05, 0.1) is 0 Å². The van der Waals surface area contributed by atoms with Crippen molar-refractivity contribution < 1.29 is 0 Å². The van der Waals surface area contributed by atoms with Gasteiger partial charge in [-0.05, 0) is 68.6 Å². The maximum absolute atomic E-state index is 3.68. The van der Waals surface area contributed by atoms with Crippen LogP contribution in [-0.4, -0.2) is 7.05 Å². The Kier molecular flexibility index (Phi) is 5.64. The highest BCUT2D eigenvalue weighted by Gasteiger charge is 2.16. The predicted molar refractivity (Wildman–Crippen MR) is 98.0 cm³/mol. The van der Waals surface area contributed by atoms with Crippen LogP contribution in [0.3, 0.4) is 0 Å². The summed E-state index contributed by atoms with van der Waals surface area (Å²) in [6, 6.07) is 11.2. The van der Waals surface area contributed by atoms with E-state index in [4.69, 9.17) is 0 Å². The lowest BCUT2D eigenvalue weighted by Crippen LogP contribution is -2.20. The predicted octanol–water partition coefficient (Wildman–Crippen LogP) is 5.64. The van der Waals surface area contributed by atoms with Gasteiger partial charge >= 0.3 is 0 Å². The van der Waals surface area contributed by atoms with Crippen molar-refractivity contribution in [3.8, 4) is 0 Å². The lowest BCUT2D eigenvalue weighted by Gasteiger charge is -2.21. The SMILES string of the molecule is CNC(Cc1c(C)cc(C)cc1C)c1ccc(Br)cc1Br. The molecule has 0 aliphatic rings. The molecule has 0 saturated heterocycles. The largest absolute Gasteiger partial charge is 0.313 e. The van der Waals surface area contributed by atoms with Crippen LogP contribution in [0.5, 0.6) is 0 Å². The highest BCUT2D eigenvalue weighted by atomic mass is 79.9. The Balaban J connectivity index is 2.36. The molecule has 0 aromatic heterocycles. The van der Waals surface area contributed by atoms with E-state index >= 15 is 0 Å². The molecule has 2 rings (SSSR count). The van der Waals surface area contributed by atoms with Crippen LogP contribution in [0.15, 0.2) is 39.3 Å². The lowest BCUT2D eigenvalue weighted by molar-refractivity contribution is 0.586. The monoisotopic (exact) mass is 409 g/mol. The third-order valence-electron chi connectivity index (χ3n) is 3.93. The van der Waals surface area contributed by atoms with E-state index in [1.54, 1.807) is 0 Å². The zero-order valence-electron chi connectivity index (χ0n) is 12.9. The van der Waals surface area contributed by atoms with Crippen LogP contribution in [0.2, 0.25) is 0 Å². The molecule has 2 aromatic rings. The van der Waals surface area contributed by atoms with Crippen molar-refractivity contribution in [2.75, 3.05) is 7.05 Å². The minimum absolute atomic E-state index is 0.299. The molecule has 1 N–H and O–H groups in total. The van der Waals surface area contributed by atoms with Gasteiger partial charge in [0.15, 0.2) is 0 Å². The number of nitrogens with one attached hydrogen (secondary N) is 1. The van der Waals surface area contributed by atoms with E-state index in [-0.39, 0.29) is 0 Å². The van der Waals surface area contributed by atoms with Crippen molar-refractivity contribution in [2.45, 2.75) is 33.2 Å². The van der Waals surface area contributed by atoms with Crippen molar-refractivity contribution >= 4 is 31.9 Å². The smallest absolute Gasteiger partial charge is 0.0369 e. The van der Waals surface area contributed by atoms with Gasteiger partial charge in [-0.3, -0.25) is 0 Å². The third kappa shape index (κ3) is 3.97. The summed E-state index contributed by atoms with van der Waals surface area (Å²) >= 11 is 7.20. The first kappa shape index (κ1) is 16.7. The maximum atomic E-state index is 3.68. The Labute approximate surface area is 144 Å². The van der Waals surface area contributed by atoms with Gasteiger partial charge in [-0.2, -0.15) is 0 Å².